The Labute approximate surface area is 209 Å². The highest BCUT2D eigenvalue weighted by Crippen LogP contribution is 2.51. The van der Waals surface area contributed by atoms with Gasteiger partial charge in [0.2, 0.25) is 0 Å². The Morgan fingerprint density at radius 3 is 2.51 bits per heavy atom. The number of benzene rings is 2. The highest BCUT2D eigenvalue weighted by atomic mass is 32.2. The fourth-order valence-electron chi connectivity index (χ4n) is 4.71. The number of fused-ring (bicyclic) bond motifs is 1. The van der Waals surface area contributed by atoms with Gasteiger partial charge in [0.15, 0.2) is 5.82 Å². The van der Waals surface area contributed by atoms with Gasteiger partial charge in [0, 0.05) is 17.5 Å². The first kappa shape index (κ1) is 24.9. The first-order valence-electron chi connectivity index (χ1n) is 11.3. The molecular weight excluding hydrogens is 511 g/mol. The summed E-state index contributed by atoms with van der Waals surface area (Å²) < 4.78 is 78.5. The van der Waals surface area contributed by atoms with Gasteiger partial charge in [-0.15, -0.1) is 0 Å². The molecular formula is C25H22F3N3O5S. The first-order chi connectivity index (χ1) is 17.5. The molecule has 1 aliphatic carbocycles. The molecule has 0 spiro atoms. The van der Waals surface area contributed by atoms with Crippen molar-refractivity contribution >= 4 is 26.7 Å². The summed E-state index contributed by atoms with van der Waals surface area (Å²) in [5.41, 5.74) is 1.94. The van der Waals surface area contributed by atoms with E-state index in [1.807, 2.05) is 0 Å². The maximum atomic E-state index is 13.0. The van der Waals surface area contributed by atoms with Crippen molar-refractivity contribution in [1.29, 1.82) is 0 Å². The van der Waals surface area contributed by atoms with Gasteiger partial charge in [0.05, 0.1) is 29.1 Å². The molecule has 2 aromatic carbocycles. The van der Waals surface area contributed by atoms with E-state index in [1.54, 1.807) is 19.1 Å². The van der Waals surface area contributed by atoms with Crippen molar-refractivity contribution in [2.75, 3.05) is 11.8 Å². The van der Waals surface area contributed by atoms with Crippen LogP contribution >= 0.6 is 0 Å². The molecule has 1 saturated carbocycles. The molecule has 0 bridgehead atoms. The fraction of sp³-hybridized carbons (Fsp3) is 0.280. The van der Waals surface area contributed by atoms with Crippen LogP contribution in [0.4, 0.5) is 19.0 Å². The molecule has 0 radical (unpaired) electrons. The summed E-state index contributed by atoms with van der Waals surface area (Å²) in [7, 11) is -2.55. The van der Waals surface area contributed by atoms with Crippen LogP contribution in [0, 0.1) is 12.8 Å². The van der Waals surface area contributed by atoms with E-state index in [0.29, 0.717) is 22.3 Å². The number of rotatable bonds is 6. The molecule has 4 aromatic rings. The number of ether oxygens (including phenoxy) is 1. The average Bonchev–Trinajstić information content (AvgIpc) is 3.30. The van der Waals surface area contributed by atoms with Gasteiger partial charge in [-0.3, -0.25) is 14.1 Å². The van der Waals surface area contributed by atoms with Gasteiger partial charge in [-0.05, 0) is 73.2 Å². The number of anilines is 1. The number of nitrogens with zero attached hydrogens (tertiary/aromatic N) is 2. The number of aromatic nitrogens is 2. The quantitative estimate of drug-likeness (QED) is 0.368. The zero-order valence-corrected chi connectivity index (χ0v) is 20.6. The van der Waals surface area contributed by atoms with Gasteiger partial charge in [-0.1, -0.05) is 5.16 Å². The Morgan fingerprint density at radius 2 is 1.86 bits per heavy atom. The molecule has 1 N–H and O–H groups in total. The second-order valence-electron chi connectivity index (χ2n) is 9.01. The van der Waals surface area contributed by atoms with Crippen molar-refractivity contribution < 1.29 is 30.8 Å². The monoisotopic (exact) mass is 533 g/mol. The molecule has 0 aliphatic heterocycles. The van der Waals surface area contributed by atoms with E-state index < -0.39 is 22.1 Å². The van der Waals surface area contributed by atoms with Crippen LogP contribution in [0.3, 0.4) is 0 Å². The Hall–Kier alpha value is -3.80. The standard InChI is InChI=1S/C25H22F3N3O5S/c1-14-9-21(22(35-2)13-19(14)16-10-17(11-16)25(26,27)28)31-20-5-4-18(12-15(20)3-6-24(31)32)37(33,34)30-23-7-8-36-29-23/h3-9,12-13,16-17H,10-11H2,1-2H3,(H,29,30). The van der Waals surface area contributed by atoms with E-state index in [1.165, 1.54) is 54.3 Å². The third-order valence-corrected chi connectivity index (χ3v) is 8.05. The molecule has 1 fully saturated rings. The number of methoxy groups -OCH3 is 1. The van der Waals surface area contributed by atoms with Crippen LogP contribution in [0.2, 0.25) is 0 Å². The van der Waals surface area contributed by atoms with Crippen molar-refractivity contribution in [3.8, 4) is 11.4 Å². The molecule has 0 amide bonds. The zero-order chi connectivity index (χ0) is 26.5. The average molecular weight is 534 g/mol. The molecule has 2 aromatic heterocycles. The van der Waals surface area contributed by atoms with Gasteiger partial charge < -0.3 is 9.26 Å². The molecule has 0 atom stereocenters. The van der Waals surface area contributed by atoms with Crippen molar-refractivity contribution in [1.82, 2.24) is 9.72 Å². The first-order valence-corrected chi connectivity index (χ1v) is 12.8. The molecule has 8 nitrogen and oxygen atoms in total. The van der Waals surface area contributed by atoms with Crippen molar-refractivity contribution in [3.05, 3.63) is 76.3 Å². The lowest BCUT2D eigenvalue weighted by atomic mass is 9.70. The SMILES string of the molecule is COc1cc(C2CC(C(F)(F)F)C2)c(C)cc1-n1c(=O)ccc2cc(S(=O)(=O)Nc3ccon3)ccc21. The van der Waals surface area contributed by atoms with Gasteiger partial charge >= 0.3 is 6.18 Å². The zero-order valence-electron chi connectivity index (χ0n) is 19.7. The molecule has 0 unspecified atom stereocenters. The maximum absolute atomic E-state index is 13.0. The molecule has 12 heteroatoms. The summed E-state index contributed by atoms with van der Waals surface area (Å²) in [4.78, 5) is 12.9. The third kappa shape index (κ3) is 4.57. The number of nitrogens with one attached hydrogen (secondary N) is 1. The molecule has 194 valence electrons. The van der Waals surface area contributed by atoms with E-state index in [0.717, 1.165) is 11.1 Å². The number of sulfonamides is 1. The third-order valence-electron chi connectivity index (χ3n) is 6.70. The summed E-state index contributed by atoms with van der Waals surface area (Å²) in [6, 6.07) is 11.9. The van der Waals surface area contributed by atoms with Crippen LogP contribution in [-0.4, -0.2) is 31.4 Å². The fourth-order valence-corrected chi connectivity index (χ4v) is 5.73. The topological polar surface area (TPSA) is 103 Å². The molecule has 0 saturated heterocycles. The lowest BCUT2D eigenvalue weighted by molar-refractivity contribution is -0.197. The van der Waals surface area contributed by atoms with Crippen LogP contribution in [0.25, 0.3) is 16.6 Å². The Kier molecular flexibility index (Phi) is 6.01. The second-order valence-corrected chi connectivity index (χ2v) is 10.7. The lowest BCUT2D eigenvalue weighted by Crippen LogP contribution is -2.34. The summed E-state index contributed by atoms with van der Waals surface area (Å²) in [6.07, 6.45) is -2.94. The van der Waals surface area contributed by atoms with Crippen LogP contribution < -0.4 is 15.0 Å². The Balaban J connectivity index is 1.55. The minimum absolute atomic E-state index is 0.0146. The van der Waals surface area contributed by atoms with Crippen molar-refractivity contribution in [2.24, 2.45) is 5.92 Å². The van der Waals surface area contributed by atoms with Gasteiger partial charge in [0.1, 0.15) is 12.0 Å². The predicted octanol–water partition coefficient (Wildman–Crippen LogP) is 5.15. The van der Waals surface area contributed by atoms with Crippen LogP contribution in [-0.2, 0) is 10.0 Å². The van der Waals surface area contributed by atoms with Gasteiger partial charge in [0.25, 0.3) is 15.6 Å². The predicted molar refractivity (Wildman–Crippen MR) is 130 cm³/mol. The number of aryl methyl sites for hydroxylation is 1. The number of alkyl halides is 3. The molecule has 1 aliphatic rings. The largest absolute Gasteiger partial charge is 0.495 e. The smallest absolute Gasteiger partial charge is 0.391 e. The summed E-state index contributed by atoms with van der Waals surface area (Å²) in [5, 5.41) is 4.02. The van der Waals surface area contributed by atoms with Crippen LogP contribution in [0.15, 0.2) is 69.0 Å². The van der Waals surface area contributed by atoms with Crippen molar-refractivity contribution in [2.45, 2.75) is 36.8 Å². The second kappa shape index (κ2) is 8.94. The number of hydrogen-bond donors (Lipinski definition) is 1. The van der Waals surface area contributed by atoms with Gasteiger partial charge in [-0.2, -0.15) is 13.2 Å². The van der Waals surface area contributed by atoms with Crippen LogP contribution in [0.5, 0.6) is 5.75 Å². The maximum Gasteiger partial charge on any atom is 0.391 e. The van der Waals surface area contributed by atoms with E-state index in [4.69, 9.17) is 4.74 Å². The number of halogens is 3. The van der Waals surface area contributed by atoms with E-state index in [2.05, 4.69) is 14.4 Å². The van der Waals surface area contributed by atoms with Gasteiger partial charge in [-0.25, -0.2) is 8.42 Å². The lowest BCUT2D eigenvalue weighted by Gasteiger charge is -2.37. The molecule has 2 heterocycles. The normalized spacial score (nSPS) is 18.0. The number of pyridine rings is 1. The molecule has 37 heavy (non-hydrogen) atoms. The summed E-state index contributed by atoms with van der Waals surface area (Å²) >= 11 is 0. The molecule has 5 rings (SSSR count). The van der Waals surface area contributed by atoms with E-state index in [9.17, 15) is 26.4 Å². The minimum Gasteiger partial charge on any atom is -0.495 e. The minimum atomic E-state index is -4.21. The Morgan fingerprint density at radius 1 is 1.11 bits per heavy atom. The Bertz CT molecular complexity index is 1640. The van der Waals surface area contributed by atoms with E-state index >= 15 is 0 Å². The van der Waals surface area contributed by atoms with Crippen molar-refractivity contribution in [3.63, 3.8) is 0 Å². The number of hydrogen-bond acceptors (Lipinski definition) is 6. The summed E-state index contributed by atoms with van der Waals surface area (Å²) in [5.74, 6) is -1.20. The summed E-state index contributed by atoms with van der Waals surface area (Å²) in [6.45, 7) is 1.79. The van der Waals surface area contributed by atoms with E-state index in [-0.39, 0.29) is 35.0 Å². The van der Waals surface area contributed by atoms with Crippen LogP contribution in [0.1, 0.15) is 29.9 Å². The highest BCUT2D eigenvalue weighted by molar-refractivity contribution is 7.92. The highest BCUT2D eigenvalue weighted by Gasteiger charge is 2.48.